The van der Waals surface area contributed by atoms with Crippen LogP contribution in [0.15, 0.2) is 30.3 Å². The van der Waals surface area contributed by atoms with Gasteiger partial charge in [0.15, 0.2) is 0 Å². The molecular weight excluding hydrogens is 260 g/mol. The normalized spacial score (nSPS) is 13.3. The molecule has 0 fully saturated rings. The van der Waals surface area contributed by atoms with Crippen LogP contribution in [0.25, 0.3) is 0 Å². The Bertz CT molecular complexity index is 370. The molecule has 0 radical (unpaired) electrons. The second kappa shape index (κ2) is 8.94. The van der Waals surface area contributed by atoms with Crippen LogP contribution >= 0.6 is 12.4 Å². The van der Waals surface area contributed by atoms with E-state index in [1.165, 1.54) is 0 Å². The molecule has 1 aromatic rings. The number of amides is 1. The fourth-order valence-corrected chi connectivity index (χ4v) is 1.88. The maximum Gasteiger partial charge on any atom is 0.244 e. The molecule has 0 saturated carbocycles. The highest BCUT2D eigenvalue weighted by atomic mass is 35.5. The van der Waals surface area contributed by atoms with Gasteiger partial charge in [0.25, 0.3) is 0 Å². The average Bonchev–Trinajstić information content (AvgIpc) is 2.43. The first-order valence-electron chi connectivity index (χ1n) is 6.69. The summed E-state index contributed by atoms with van der Waals surface area (Å²) in [4.78, 5) is 14.2. The molecule has 0 aliphatic rings. The Kier molecular flexibility index (Phi) is 8.44. The smallest absolute Gasteiger partial charge is 0.244 e. The standard InChI is InChI=1S/C15H24N2O.ClH/c1-4-12(3)11-17(5-2)15(18)14(16)13-9-7-6-8-10-13;/h6-10,12,14H,4-5,11,16H2,1-3H3;1H. The van der Waals surface area contributed by atoms with Gasteiger partial charge >= 0.3 is 0 Å². The van der Waals surface area contributed by atoms with Crippen molar-refractivity contribution in [3.8, 4) is 0 Å². The van der Waals surface area contributed by atoms with Crippen molar-refractivity contribution in [3.05, 3.63) is 35.9 Å². The predicted molar refractivity (Wildman–Crippen MR) is 82.3 cm³/mol. The molecule has 0 spiro atoms. The maximum atomic E-state index is 12.3. The summed E-state index contributed by atoms with van der Waals surface area (Å²) in [5.41, 5.74) is 6.92. The van der Waals surface area contributed by atoms with E-state index in [-0.39, 0.29) is 18.3 Å². The van der Waals surface area contributed by atoms with Crippen LogP contribution in [0.2, 0.25) is 0 Å². The number of likely N-dealkylation sites (N-methyl/N-ethyl adjacent to an activating group) is 1. The van der Waals surface area contributed by atoms with Gasteiger partial charge in [-0.15, -0.1) is 12.4 Å². The van der Waals surface area contributed by atoms with Crippen LogP contribution in [0.3, 0.4) is 0 Å². The monoisotopic (exact) mass is 284 g/mol. The molecule has 0 saturated heterocycles. The number of carbonyl (C=O) groups is 1. The molecule has 2 N–H and O–H groups in total. The molecular formula is C15H25ClN2O. The topological polar surface area (TPSA) is 46.3 Å². The molecule has 0 heterocycles. The minimum absolute atomic E-state index is 0. The van der Waals surface area contributed by atoms with Crippen molar-refractivity contribution in [2.45, 2.75) is 33.2 Å². The number of hydrogen-bond acceptors (Lipinski definition) is 2. The lowest BCUT2D eigenvalue weighted by Crippen LogP contribution is -2.40. The molecule has 4 heteroatoms. The highest BCUT2D eigenvalue weighted by molar-refractivity contribution is 5.85. The number of rotatable bonds is 6. The Morgan fingerprint density at radius 1 is 1.26 bits per heavy atom. The van der Waals surface area contributed by atoms with Crippen LogP contribution < -0.4 is 5.73 Å². The van der Waals surface area contributed by atoms with E-state index in [9.17, 15) is 4.79 Å². The van der Waals surface area contributed by atoms with Gasteiger partial charge in [-0.2, -0.15) is 0 Å². The minimum atomic E-state index is -0.546. The first-order chi connectivity index (χ1) is 8.60. The highest BCUT2D eigenvalue weighted by Crippen LogP contribution is 2.14. The third kappa shape index (κ3) is 5.21. The van der Waals surface area contributed by atoms with Gasteiger partial charge < -0.3 is 10.6 Å². The second-order valence-electron chi connectivity index (χ2n) is 4.78. The van der Waals surface area contributed by atoms with E-state index >= 15 is 0 Å². The molecule has 0 bridgehead atoms. The number of hydrogen-bond donors (Lipinski definition) is 1. The summed E-state index contributed by atoms with van der Waals surface area (Å²) in [5.74, 6) is 0.529. The first kappa shape index (κ1) is 17.9. The van der Waals surface area contributed by atoms with Crippen LogP contribution in [0.5, 0.6) is 0 Å². The third-order valence-corrected chi connectivity index (χ3v) is 3.35. The summed E-state index contributed by atoms with van der Waals surface area (Å²) < 4.78 is 0. The van der Waals surface area contributed by atoms with Gasteiger partial charge in [0.2, 0.25) is 5.91 Å². The Hall–Kier alpha value is -1.06. The fraction of sp³-hybridized carbons (Fsp3) is 0.533. The summed E-state index contributed by atoms with van der Waals surface area (Å²) in [6, 6.07) is 9.01. The van der Waals surface area contributed by atoms with Crippen molar-refractivity contribution in [2.24, 2.45) is 11.7 Å². The predicted octanol–water partition coefficient (Wildman–Crippen LogP) is 3.00. The summed E-state index contributed by atoms with van der Waals surface area (Å²) in [6.45, 7) is 7.79. The van der Waals surface area contributed by atoms with Gasteiger partial charge in [0.1, 0.15) is 6.04 Å². The second-order valence-corrected chi connectivity index (χ2v) is 4.78. The number of nitrogens with zero attached hydrogens (tertiary/aromatic N) is 1. The SMILES string of the molecule is CCC(C)CN(CC)C(=O)C(N)c1ccccc1.Cl. The Morgan fingerprint density at radius 3 is 2.32 bits per heavy atom. The number of carbonyl (C=O) groups excluding carboxylic acids is 1. The largest absolute Gasteiger partial charge is 0.341 e. The molecule has 2 unspecified atom stereocenters. The lowest BCUT2D eigenvalue weighted by Gasteiger charge is -2.27. The van der Waals surface area contributed by atoms with E-state index in [1.807, 2.05) is 42.2 Å². The number of nitrogens with two attached hydrogens (primary N) is 1. The maximum absolute atomic E-state index is 12.3. The van der Waals surface area contributed by atoms with Crippen LogP contribution in [0, 0.1) is 5.92 Å². The molecule has 1 amide bonds. The molecule has 19 heavy (non-hydrogen) atoms. The van der Waals surface area contributed by atoms with Crippen molar-refractivity contribution in [2.75, 3.05) is 13.1 Å². The van der Waals surface area contributed by atoms with E-state index in [4.69, 9.17) is 5.73 Å². The minimum Gasteiger partial charge on any atom is -0.341 e. The molecule has 3 nitrogen and oxygen atoms in total. The van der Waals surface area contributed by atoms with Gasteiger partial charge in [-0.05, 0) is 18.4 Å². The first-order valence-corrected chi connectivity index (χ1v) is 6.69. The molecule has 0 aliphatic carbocycles. The number of benzene rings is 1. The van der Waals surface area contributed by atoms with Gasteiger partial charge in [0, 0.05) is 13.1 Å². The van der Waals surface area contributed by atoms with E-state index in [1.54, 1.807) is 0 Å². The average molecular weight is 285 g/mol. The van der Waals surface area contributed by atoms with Crippen molar-refractivity contribution >= 4 is 18.3 Å². The zero-order valence-corrected chi connectivity index (χ0v) is 12.8. The van der Waals surface area contributed by atoms with Crippen LogP contribution in [-0.4, -0.2) is 23.9 Å². The van der Waals surface area contributed by atoms with E-state index < -0.39 is 6.04 Å². The van der Waals surface area contributed by atoms with Crippen molar-refractivity contribution < 1.29 is 4.79 Å². The van der Waals surface area contributed by atoms with E-state index in [0.717, 1.165) is 18.5 Å². The van der Waals surface area contributed by atoms with Gasteiger partial charge in [-0.25, -0.2) is 0 Å². The van der Waals surface area contributed by atoms with Crippen LogP contribution in [0.4, 0.5) is 0 Å². The van der Waals surface area contributed by atoms with Crippen LogP contribution in [0.1, 0.15) is 38.8 Å². The van der Waals surface area contributed by atoms with Crippen molar-refractivity contribution in [1.82, 2.24) is 4.90 Å². The fourth-order valence-electron chi connectivity index (χ4n) is 1.88. The van der Waals surface area contributed by atoms with E-state index in [2.05, 4.69) is 13.8 Å². The Labute approximate surface area is 122 Å². The lowest BCUT2D eigenvalue weighted by molar-refractivity contribution is -0.133. The summed E-state index contributed by atoms with van der Waals surface area (Å²) in [7, 11) is 0. The number of halogens is 1. The zero-order valence-electron chi connectivity index (χ0n) is 12.0. The molecule has 108 valence electrons. The highest BCUT2D eigenvalue weighted by Gasteiger charge is 2.22. The van der Waals surface area contributed by atoms with Gasteiger partial charge in [-0.1, -0.05) is 50.6 Å². The molecule has 1 rings (SSSR count). The van der Waals surface area contributed by atoms with Crippen molar-refractivity contribution in [3.63, 3.8) is 0 Å². The van der Waals surface area contributed by atoms with Crippen LogP contribution in [-0.2, 0) is 4.79 Å². The molecule has 0 aromatic heterocycles. The summed E-state index contributed by atoms with van der Waals surface area (Å²) in [5, 5.41) is 0. The lowest BCUT2D eigenvalue weighted by atomic mass is 10.0. The Balaban J connectivity index is 0.00000324. The van der Waals surface area contributed by atoms with Crippen molar-refractivity contribution in [1.29, 1.82) is 0 Å². The quantitative estimate of drug-likeness (QED) is 0.873. The van der Waals surface area contributed by atoms with E-state index in [0.29, 0.717) is 12.5 Å². The Morgan fingerprint density at radius 2 is 1.84 bits per heavy atom. The zero-order chi connectivity index (χ0) is 13.5. The molecule has 1 aromatic carbocycles. The van der Waals surface area contributed by atoms with Gasteiger partial charge in [0.05, 0.1) is 0 Å². The molecule has 2 atom stereocenters. The summed E-state index contributed by atoms with van der Waals surface area (Å²) >= 11 is 0. The molecule has 0 aliphatic heterocycles. The summed E-state index contributed by atoms with van der Waals surface area (Å²) in [6.07, 6.45) is 1.07. The third-order valence-electron chi connectivity index (χ3n) is 3.35. The van der Waals surface area contributed by atoms with Gasteiger partial charge in [-0.3, -0.25) is 4.79 Å².